The van der Waals surface area contributed by atoms with Crippen molar-refractivity contribution in [3.8, 4) is 0 Å². The van der Waals surface area contributed by atoms with Crippen molar-refractivity contribution in [3.63, 3.8) is 0 Å². The summed E-state index contributed by atoms with van der Waals surface area (Å²) in [7, 11) is 0. The van der Waals surface area contributed by atoms with Crippen molar-refractivity contribution in [1.82, 2.24) is 19.5 Å². The summed E-state index contributed by atoms with van der Waals surface area (Å²) in [5.74, 6) is 0.118. The highest BCUT2D eigenvalue weighted by molar-refractivity contribution is 6.28. The van der Waals surface area contributed by atoms with Crippen molar-refractivity contribution >= 4 is 34.7 Å². The van der Waals surface area contributed by atoms with Crippen molar-refractivity contribution in [1.29, 1.82) is 0 Å². The largest absolute Gasteiger partial charge is 0.443 e. The third-order valence-electron chi connectivity index (χ3n) is 1.99. The molecule has 0 radical (unpaired) electrons. The number of aromatic nitrogens is 4. The molecule has 0 atom stereocenters. The highest BCUT2D eigenvalue weighted by Gasteiger charge is 2.21. The Morgan fingerprint density at radius 2 is 2.11 bits per heavy atom. The SMILES string of the molecule is CC(C)(C)OC(=O)n1cnc2c(N)nc(Cl)nc21. The van der Waals surface area contributed by atoms with Crippen LogP contribution in [0.2, 0.25) is 5.28 Å². The van der Waals surface area contributed by atoms with E-state index in [1.165, 1.54) is 6.33 Å². The fourth-order valence-corrected chi connectivity index (χ4v) is 1.51. The first-order valence-corrected chi connectivity index (χ1v) is 5.55. The Kier molecular flexibility index (Phi) is 2.86. The molecule has 0 bridgehead atoms. The van der Waals surface area contributed by atoms with E-state index in [9.17, 15) is 4.79 Å². The molecular formula is C10H12ClN5O2. The summed E-state index contributed by atoms with van der Waals surface area (Å²) < 4.78 is 6.35. The van der Waals surface area contributed by atoms with Gasteiger partial charge >= 0.3 is 6.09 Å². The highest BCUT2D eigenvalue weighted by atomic mass is 35.5. The van der Waals surface area contributed by atoms with Crippen LogP contribution in [0.15, 0.2) is 6.33 Å². The van der Waals surface area contributed by atoms with Crippen LogP contribution in [0.1, 0.15) is 20.8 Å². The second-order valence-corrected chi connectivity index (χ2v) is 4.98. The van der Waals surface area contributed by atoms with Crippen molar-refractivity contribution in [2.24, 2.45) is 0 Å². The molecule has 0 saturated heterocycles. The summed E-state index contributed by atoms with van der Waals surface area (Å²) in [4.78, 5) is 23.6. The van der Waals surface area contributed by atoms with Gasteiger partial charge in [-0.05, 0) is 32.4 Å². The van der Waals surface area contributed by atoms with Crippen LogP contribution in [0, 0.1) is 0 Å². The number of nitrogens with two attached hydrogens (primary N) is 1. The van der Waals surface area contributed by atoms with Crippen molar-refractivity contribution in [2.45, 2.75) is 26.4 Å². The summed E-state index contributed by atoms with van der Waals surface area (Å²) in [6.07, 6.45) is 0.680. The van der Waals surface area contributed by atoms with Gasteiger partial charge in [-0.2, -0.15) is 9.97 Å². The molecule has 2 rings (SSSR count). The van der Waals surface area contributed by atoms with Gasteiger partial charge in [0.05, 0.1) is 0 Å². The number of carbonyl (C=O) groups excluding carboxylic acids is 1. The molecule has 0 unspecified atom stereocenters. The number of halogens is 1. The quantitative estimate of drug-likeness (QED) is 0.733. The van der Waals surface area contributed by atoms with E-state index in [1.807, 2.05) is 0 Å². The van der Waals surface area contributed by atoms with Gasteiger partial charge in [-0.15, -0.1) is 0 Å². The van der Waals surface area contributed by atoms with E-state index >= 15 is 0 Å². The summed E-state index contributed by atoms with van der Waals surface area (Å²) in [5, 5.41) is -0.0506. The van der Waals surface area contributed by atoms with E-state index < -0.39 is 11.7 Å². The topological polar surface area (TPSA) is 95.9 Å². The number of ether oxygens (including phenoxy) is 1. The molecule has 0 aromatic carbocycles. The van der Waals surface area contributed by atoms with Crippen LogP contribution in [0.5, 0.6) is 0 Å². The average Bonchev–Trinajstić information content (AvgIpc) is 2.58. The number of rotatable bonds is 0. The Morgan fingerprint density at radius 1 is 1.44 bits per heavy atom. The van der Waals surface area contributed by atoms with E-state index in [0.29, 0.717) is 5.52 Å². The summed E-state index contributed by atoms with van der Waals surface area (Å²) in [5.41, 5.74) is 5.55. The molecule has 0 saturated carbocycles. The molecule has 0 spiro atoms. The number of anilines is 1. The van der Waals surface area contributed by atoms with Crippen LogP contribution in [0.3, 0.4) is 0 Å². The number of nitrogen functional groups attached to an aromatic ring is 1. The van der Waals surface area contributed by atoms with Gasteiger partial charge in [0, 0.05) is 0 Å². The van der Waals surface area contributed by atoms with Crippen LogP contribution in [-0.4, -0.2) is 31.2 Å². The minimum Gasteiger partial charge on any atom is -0.443 e. The number of nitrogens with zero attached hydrogens (tertiary/aromatic N) is 4. The molecule has 18 heavy (non-hydrogen) atoms. The third-order valence-corrected chi connectivity index (χ3v) is 2.16. The zero-order valence-corrected chi connectivity index (χ0v) is 10.9. The van der Waals surface area contributed by atoms with Gasteiger partial charge < -0.3 is 10.5 Å². The van der Waals surface area contributed by atoms with Crippen LogP contribution in [0.4, 0.5) is 10.6 Å². The fraction of sp³-hybridized carbons (Fsp3) is 0.400. The minimum atomic E-state index is -0.615. The van der Waals surface area contributed by atoms with Crippen molar-refractivity contribution in [3.05, 3.63) is 11.6 Å². The molecule has 7 nitrogen and oxygen atoms in total. The highest BCUT2D eigenvalue weighted by Crippen LogP contribution is 2.19. The molecule has 96 valence electrons. The molecule has 0 aliphatic rings. The van der Waals surface area contributed by atoms with Crippen molar-refractivity contribution in [2.75, 3.05) is 5.73 Å². The van der Waals surface area contributed by atoms with Gasteiger partial charge in [0.1, 0.15) is 11.9 Å². The number of hydrogen-bond acceptors (Lipinski definition) is 6. The van der Waals surface area contributed by atoms with E-state index in [4.69, 9.17) is 22.1 Å². The van der Waals surface area contributed by atoms with Gasteiger partial charge in [-0.25, -0.2) is 14.3 Å². The number of fused-ring (bicyclic) bond motifs is 1. The Hall–Kier alpha value is -1.89. The molecule has 2 heterocycles. The lowest BCUT2D eigenvalue weighted by molar-refractivity contribution is 0.0543. The van der Waals surface area contributed by atoms with E-state index in [0.717, 1.165) is 4.57 Å². The zero-order chi connectivity index (χ0) is 13.5. The summed E-state index contributed by atoms with van der Waals surface area (Å²) in [6, 6.07) is 0. The zero-order valence-electron chi connectivity index (χ0n) is 10.1. The Balaban J connectivity index is 2.49. The Morgan fingerprint density at radius 3 is 2.72 bits per heavy atom. The third kappa shape index (κ3) is 2.35. The molecule has 0 aliphatic carbocycles. The van der Waals surface area contributed by atoms with Crippen LogP contribution in [-0.2, 0) is 4.74 Å². The first kappa shape index (κ1) is 12.6. The predicted molar refractivity (Wildman–Crippen MR) is 66.4 cm³/mol. The average molecular weight is 270 g/mol. The van der Waals surface area contributed by atoms with E-state index in [1.54, 1.807) is 20.8 Å². The maximum Gasteiger partial charge on any atom is 0.421 e. The lowest BCUT2D eigenvalue weighted by atomic mass is 10.2. The lowest BCUT2D eigenvalue weighted by Crippen LogP contribution is -2.27. The van der Waals surface area contributed by atoms with Crippen LogP contribution in [0.25, 0.3) is 11.2 Å². The van der Waals surface area contributed by atoms with E-state index in [2.05, 4.69) is 15.0 Å². The smallest absolute Gasteiger partial charge is 0.421 e. The monoisotopic (exact) mass is 269 g/mol. The maximum absolute atomic E-state index is 11.9. The van der Waals surface area contributed by atoms with Crippen LogP contribution < -0.4 is 5.73 Å². The molecule has 2 aromatic heterocycles. The van der Waals surface area contributed by atoms with Crippen LogP contribution >= 0.6 is 11.6 Å². The fourth-order valence-electron chi connectivity index (χ4n) is 1.34. The number of hydrogen-bond donors (Lipinski definition) is 1. The Bertz CT molecular complexity index is 616. The van der Waals surface area contributed by atoms with Crippen molar-refractivity contribution < 1.29 is 9.53 Å². The van der Waals surface area contributed by atoms with Gasteiger partial charge in [-0.1, -0.05) is 0 Å². The molecule has 8 heteroatoms. The van der Waals surface area contributed by atoms with Gasteiger partial charge in [0.15, 0.2) is 17.0 Å². The first-order chi connectivity index (χ1) is 8.28. The first-order valence-electron chi connectivity index (χ1n) is 5.17. The lowest BCUT2D eigenvalue weighted by Gasteiger charge is -2.19. The van der Waals surface area contributed by atoms with Gasteiger partial charge in [0.25, 0.3) is 0 Å². The van der Waals surface area contributed by atoms with Gasteiger partial charge in [-0.3, -0.25) is 0 Å². The predicted octanol–water partition coefficient (Wildman–Crippen LogP) is 1.85. The number of imidazole rings is 1. The van der Waals surface area contributed by atoms with Gasteiger partial charge in [0.2, 0.25) is 5.28 Å². The molecule has 0 aliphatic heterocycles. The molecule has 0 fully saturated rings. The second kappa shape index (κ2) is 4.09. The molecule has 2 N–H and O–H groups in total. The molecule has 2 aromatic rings. The Labute approximate surface area is 108 Å². The van der Waals surface area contributed by atoms with E-state index in [-0.39, 0.29) is 16.7 Å². The summed E-state index contributed by atoms with van der Waals surface area (Å²) in [6.45, 7) is 5.29. The normalized spacial score (nSPS) is 11.8. The minimum absolute atomic E-state index is 0.0506. The molecular weight excluding hydrogens is 258 g/mol. The number of carbonyl (C=O) groups is 1. The second-order valence-electron chi connectivity index (χ2n) is 4.65. The standard InChI is InChI=1S/C10H12ClN5O2/c1-10(2,3)18-9(17)16-4-13-5-6(12)14-8(11)15-7(5)16/h4H,1-3H3,(H2,12,14,15). The molecule has 0 amide bonds. The summed E-state index contributed by atoms with van der Waals surface area (Å²) >= 11 is 5.70. The maximum atomic E-state index is 11.9.